The minimum Gasteiger partial charge on any atom is -0.378 e. The zero-order valence-corrected chi connectivity index (χ0v) is 13.2. The van der Waals surface area contributed by atoms with Crippen LogP contribution in [-0.2, 0) is 4.74 Å². The first-order valence-electron chi connectivity index (χ1n) is 7.80. The fraction of sp³-hybridized carbons (Fsp3) is 0.786. The van der Waals surface area contributed by atoms with Crippen LogP contribution in [0, 0.1) is 0 Å². The number of hydrogen-bond acceptors (Lipinski definition) is 7. The van der Waals surface area contributed by atoms with Gasteiger partial charge in [0.2, 0.25) is 17.8 Å². The molecule has 0 spiro atoms. The first kappa shape index (κ1) is 15.8. The Hall–Kier alpha value is -1.63. The van der Waals surface area contributed by atoms with Crippen molar-refractivity contribution >= 4 is 17.8 Å². The summed E-state index contributed by atoms with van der Waals surface area (Å²) in [7, 11) is 0. The molecule has 7 nitrogen and oxygen atoms in total. The highest BCUT2D eigenvalue weighted by Gasteiger charge is 2.22. The maximum atomic E-state index is 5.85. The van der Waals surface area contributed by atoms with Crippen LogP contribution in [0.25, 0.3) is 0 Å². The van der Waals surface area contributed by atoms with Crippen molar-refractivity contribution in [2.75, 3.05) is 48.3 Å². The molecule has 2 heterocycles. The molecule has 0 aromatic carbocycles. The fourth-order valence-electron chi connectivity index (χ4n) is 2.62. The van der Waals surface area contributed by atoms with Crippen molar-refractivity contribution in [1.82, 2.24) is 15.0 Å². The van der Waals surface area contributed by atoms with Crippen molar-refractivity contribution in [3.8, 4) is 0 Å². The molecular formula is C14H26N6O. The average Bonchev–Trinajstić information content (AvgIpc) is 2.49. The summed E-state index contributed by atoms with van der Waals surface area (Å²) in [6, 6.07) is 0. The van der Waals surface area contributed by atoms with Gasteiger partial charge in [0.15, 0.2) is 0 Å². The van der Waals surface area contributed by atoms with Gasteiger partial charge in [0.25, 0.3) is 0 Å². The summed E-state index contributed by atoms with van der Waals surface area (Å²) >= 11 is 0. The van der Waals surface area contributed by atoms with Gasteiger partial charge in [0.05, 0.1) is 6.10 Å². The molecule has 1 aliphatic heterocycles. The van der Waals surface area contributed by atoms with E-state index in [0.717, 1.165) is 45.6 Å². The van der Waals surface area contributed by atoms with E-state index >= 15 is 0 Å². The van der Waals surface area contributed by atoms with Gasteiger partial charge in [-0.2, -0.15) is 15.0 Å². The van der Waals surface area contributed by atoms with Crippen molar-refractivity contribution in [3.05, 3.63) is 0 Å². The third kappa shape index (κ3) is 3.93. The lowest BCUT2D eigenvalue weighted by Gasteiger charge is -2.32. The van der Waals surface area contributed by atoms with E-state index in [2.05, 4.69) is 38.6 Å². The molecule has 0 radical (unpaired) electrons. The Balaban J connectivity index is 2.10. The summed E-state index contributed by atoms with van der Waals surface area (Å²) in [6.07, 6.45) is 2.35. The molecule has 0 saturated carbocycles. The van der Waals surface area contributed by atoms with Crippen LogP contribution in [0.3, 0.4) is 0 Å². The molecule has 1 aromatic heterocycles. The SMILES string of the molecule is CCOC1CCN(c2nc(N)nc(N(CC)CC)n2)CC1. The number of nitrogens with two attached hydrogens (primary N) is 1. The number of hydrogen-bond donors (Lipinski definition) is 1. The Morgan fingerprint density at radius 2 is 1.81 bits per heavy atom. The molecule has 118 valence electrons. The van der Waals surface area contributed by atoms with Crippen LogP contribution >= 0.6 is 0 Å². The van der Waals surface area contributed by atoms with Gasteiger partial charge < -0.3 is 20.3 Å². The lowest BCUT2D eigenvalue weighted by molar-refractivity contribution is 0.0457. The number of piperidine rings is 1. The number of ether oxygens (including phenoxy) is 1. The molecule has 0 unspecified atom stereocenters. The van der Waals surface area contributed by atoms with Crippen LogP contribution in [0.4, 0.5) is 17.8 Å². The zero-order chi connectivity index (χ0) is 15.2. The molecule has 1 aliphatic rings. The maximum Gasteiger partial charge on any atom is 0.231 e. The Morgan fingerprint density at radius 1 is 1.14 bits per heavy atom. The lowest BCUT2D eigenvalue weighted by atomic mass is 10.1. The van der Waals surface area contributed by atoms with Gasteiger partial charge in [-0.05, 0) is 33.6 Å². The summed E-state index contributed by atoms with van der Waals surface area (Å²) in [5, 5.41) is 0. The average molecular weight is 294 g/mol. The quantitative estimate of drug-likeness (QED) is 0.847. The molecule has 1 aromatic rings. The van der Waals surface area contributed by atoms with E-state index in [-0.39, 0.29) is 5.95 Å². The third-order valence-corrected chi connectivity index (χ3v) is 3.80. The highest BCUT2D eigenvalue weighted by molar-refractivity contribution is 5.43. The van der Waals surface area contributed by atoms with Crippen LogP contribution in [0.5, 0.6) is 0 Å². The summed E-state index contributed by atoms with van der Waals surface area (Å²) in [6.45, 7) is 10.5. The van der Waals surface area contributed by atoms with Crippen molar-refractivity contribution < 1.29 is 4.74 Å². The largest absolute Gasteiger partial charge is 0.378 e. The zero-order valence-electron chi connectivity index (χ0n) is 13.2. The van der Waals surface area contributed by atoms with Gasteiger partial charge in [-0.3, -0.25) is 0 Å². The predicted octanol–water partition coefficient (Wildman–Crippen LogP) is 1.31. The molecule has 1 fully saturated rings. The van der Waals surface area contributed by atoms with Crippen molar-refractivity contribution in [3.63, 3.8) is 0 Å². The Kier molecular flexibility index (Phi) is 5.55. The molecule has 2 rings (SSSR count). The Labute approximate surface area is 126 Å². The van der Waals surface area contributed by atoms with Crippen molar-refractivity contribution in [2.24, 2.45) is 0 Å². The molecule has 1 saturated heterocycles. The summed E-state index contributed by atoms with van der Waals surface area (Å²) in [5.41, 5.74) is 5.85. The normalized spacial score (nSPS) is 16.2. The monoisotopic (exact) mass is 294 g/mol. The second-order valence-corrected chi connectivity index (χ2v) is 5.11. The molecule has 0 bridgehead atoms. The molecule has 21 heavy (non-hydrogen) atoms. The molecule has 7 heteroatoms. The predicted molar refractivity (Wildman–Crippen MR) is 84.7 cm³/mol. The maximum absolute atomic E-state index is 5.85. The first-order chi connectivity index (χ1) is 10.2. The van der Waals surface area contributed by atoms with E-state index < -0.39 is 0 Å². The molecule has 0 aliphatic carbocycles. The smallest absolute Gasteiger partial charge is 0.231 e. The Morgan fingerprint density at radius 3 is 2.38 bits per heavy atom. The lowest BCUT2D eigenvalue weighted by Crippen LogP contribution is -2.38. The van der Waals surface area contributed by atoms with Gasteiger partial charge in [0, 0.05) is 32.8 Å². The van der Waals surface area contributed by atoms with Gasteiger partial charge in [-0.1, -0.05) is 0 Å². The second-order valence-electron chi connectivity index (χ2n) is 5.11. The van der Waals surface area contributed by atoms with E-state index in [0.29, 0.717) is 18.0 Å². The molecule has 2 N–H and O–H groups in total. The highest BCUT2D eigenvalue weighted by Crippen LogP contribution is 2.20. The summed E-state index contributed by atoms with van der Waals surface area (Å²) in [5.74, 6) is 1.63. The third-order valence-electron chi connectivity index (χ3n) is 3.80. The summed E-state index contributed by atoms with van der Waals surface area (Å²) < 4.78 is 5.67. The standard InChI is InChI=1S/C14H26N6O/c1-4-19(5-2)13-16-12(15)17-14(18-13)20-9-7-11(8-10-20)21-6-3/h11H,4-10H2,1-3H3,(H2,15,16,17,18). The molecule has 0 atom stereocenters. The van der Waals surface area contributed by atoms with Crippen LogP contribution in [0.15, 0.2) is 0 Å². The van der Waals surface area contributed by atoms with E-state index in [1.165, 1.54) is 0 Å². The summed E-state index contributed by atoms with van der Waals surface area (Å²) in [4.78, 5) is 17.4. The number of anilines is 3. The van der Waals surface area contributed by atoms with Crippen molar-refractivity contribution in [2.45, 2.75) is 39.7 Å². The number of rotatable bonds is 6. The van der Waals surface area contributed by atoms with Crippen molar-refractivity contribution in [1.29, 1.82) is 0 Å². The minimum atomic E-state index is 0.286. The topological polar surface area (TPSA) is 80.4 Å². The van der Waals surface area contributed by atoms with Crippen LogP contribution in [-0.4, -0.2) is 53.8 Å². The Bertz CT molecular complexity index is 443. The van der Waals surface area contributed by atoms with E-state index in [9.17, 15) is 0 Å². The second kappa shape index (κ2) is 7.40. The van der Waals surface area contributed by atoms with Crippen LogP contribution in [0.2, 0.25) is 0 Å². The first-order valence-corrected chi connectivity index (χ1v) is 7.80. The van der Waals surface area contributed by atoms with Crippen LogP contribution < -0.4 is 15.5 Å². The highest BCUT2D eigenvalue weighted by atomic mass is 16.5. The van der Waals surface area contributed by atoms with E-state index in [1.807, 2.05) is 6.92 Å². The molecule has 0 amide bonds. The van der Waals surface area contributed by atoms with Crippen LogP contribution in [0.1, 0.15) is 33.6 Å². The number of nitrogen functional groups attached to an aromatic ring is 1. The number of nitrogens with zero attached hydrogens (tertiary/aromatic N) is 5. The van der Waals surface area contributed by atoms with E-state index in [1.54, 1.807) is 0 Å². The van der Waals surface area contributed by atoms with Gasteiger partial charge in [0.1, 0.15) is 0 Å². The van der Waals surface area contributed by atoms with Gasteiger partial charge in [-0.15, -0.1) is 0 Å². The van der Waals surface area contributed by atoms with Gasteiger partial charge >= 0.3 is 0 Å². The minimum absolute atomic E-state index is 0.286. The van der Waals surface area contributed by atoms with Gasteiger partial charge in [-0.25, -0.2) is 0 Å². The molecular weight excluding hydrogens is 268 g/mol. The number of aromatic nitrogens is 3. The van der Waals surface area contributed by atoms with E-state index in [4.69, 9.17) is 10.5 Å². The fourth-order valence-corrected chi connectivity index (χ4v) is 2.62.